The molecule has 0 aromatic carbocycles. The fraction of sp³-hybridized carbons (Fsp3) is 1.00. The molecule has 0 saturated heterocycles. The predicted molar refractivity (Wildman–Crippen MR) is 14.4 cm³/mol. The van der Waals surface area contributed by atoms with Gasteiger partial charge in [0.1, 0.15) is 0 Å². The molecular weight excluding hydrogens is 95.2 g/mol. The van der Waals surface area contributed by atoms with Crippen LogP contribution in [0.2, 0.25) is 6.55 Å². The third-order valence-corrected chi connectivity index (χ3v) is 0. The van der Waals surface area contributed by atoms with Gasteiger partial charge in [0, 0.05) is 0 Å². The molecule has 0 N–H and O–H groups in total. The van der Waals surface area contributed by atoms with Crippen molar-refractivity contribution in [1.29, 1.82) is 0 Å². The summed E-state index contributed by atoms with van der Waals surface area (Å²) in [6.07, 6.45) is 0. The summed E-state index contributed by atoms with van der Waals surface area (Å²) in [6, 6.07) is 0. The van der Waals surface area contributed by atoms with Crippen LogP contribution in [0.5, 0.6) is 0 Å². The Kier molecular flexibility index (Phi) is 20.5. The van der Waals surface area contributed by atoms with E-state index in [0.29, 0.717) is 0 Å². The Balaban J connectivity index is 0. The minimum Gasteiger partial charge on any atom is -0.863 e. The van der Waals surface area contributed by atoms with Crippen LogP contribution in [0.15, 0.2) is 0 Å². The molecule has 4 heavy (non-hydrogen) atoms. The molecule has 0 radical (unpaired) electrons. The van der Waals surface area contributed by atoms with Crippen LogP contribution in [-0.4, -0.2) is 9.76 Å². The first-order valence-electron chi connectivity index (χ1n) is 0.996. The Bertz CT molecular complexity index is 8.00. The van der Waals surface area contributed by atoms with E-state index in [-0.39, 0.29) is 51.4 Å². The summed E-state index contributed by atoms with van der Waals surface area (Å²) in [5, 5.41) is 0. The molecule has 0 aliphatic rings. The van der Waals surface area contributed by atoms with Crippen molar-refractivity contribution in [3.63, 3.8) is 0 Å². The van der Waals surface area contributed by atoms with Gasteiger partial charge in [0.2, 0.25) is 0 Å². The minimum atomic E-state index is -0.833. The molecule has 0 aromatic heterocycles. The van der Waals surface area contributed by atoms with E-state index in [4.69, 9.17) is 4.80 Å². The van der Waals surface area contributed by atoms with E-state index in [2.05, 4.69) is 0 Å². The van der Waals surface area contributed by atoms with Crippen LogP contribution in [-0.2, 0) is 0 Å². The van der Waals surface area contributed by atoms with Gasteiger partial charge in [0.25, 0.3) is 0 Å². The second kappa shape index (κ2) is 8.84. The maximum atomic E-state index is 9.07. The molecule has 0 amide bonds. The zero-order valence-electron chi connectivity index (χ0n) is 3.12. The largest absolute Gasteiger partial charge is 1.00 e. The predicted octanol–water partition coefficient (Wildman–Crippen LogP) is -4.52. The quantitative estimate of drug-likeness (QED) is 0.281. The van der Waals surface area contributed by atoms with Crippen molar-refractivity contribution in [3.8, 4) is 0 Å². The summed E-state index contributed by atoms with van der Waals surface area (Å²) in [4.78, 5) is 9.07. The Morgan fingerprint density at radius 3 is 1.75 bits per heavy atom. The second-order valence-corrected chi connectivity index (χ2v) is 0.866. The van der Waals surface area contributed by atoms with Crippen molar-refractivity contribution >= 4 is 9.76 Å². The average Bonchev–Trinajstić information content (AvgIpc) is 0.918. The molecule has 0 aromatic rings. The van der Waals surface area contributed by atoms with Crippen molar-refractivity contribution in [2.45, 2.75) is 6.55 Å². The molecule has 0 fully saturated rings. The fourth-order valence-electron chi connectivity index (χ4n) is 0. The van der Waals surface area contributed by atoms with Gasteiger partial charge in [-0.25, -0.2) is 0 Å². The normalized spacial score (nSPS) is 7.50. The van der Waals surface area contributed by atoms with E-state index in [9.17, 15) is 0 Å². The summed E-state index contributed by atoms with van der Waals surface area (Å²) in [5.74, 6) is 0. The van der Waals surface area contributed by atoms with Crippen molar-refractivity contribution in [2.24, 2.45) is 0 Å². The smallest absolute Gasteiger partial charge is 0.863 e. The van der Waals surface area contributed by atoms with E-state index >= 15 is 0 Å². The zero-order valence-corrected chi connectivity index (χ0v) is 7.65. The zero-order chi connectivity index (χ0) is 2.71. The summed E-state index contributed by atoms with van der Waals surface area (Å²) in [5.41, 5.74) is 0. The van der Waals surface area contributed by atoms with Crippen LogP contribution >= 0.6 is 0 Å². The fourth-order valence-corrected chi connectivity index (χ4v) is 0. The Hall–Kier alpha value is 1.81. The molecule has 3 heteroatoms. The topological polar surface area (TPSA) is 23.1 Å². The molecule has 0 atom stereocenters. The average molecular weight is 100 g/mol. The SMILES string of the molecule is C[SiH2][O-].[K+]. The van der Waals surface area contributed by atoms with Gasteiger partial charge < -0.3 is 4.80 Å². The van der Waals surface area contributed by atoms with E-state index in [0.717, 1.165) is 0 Å². The van der Waals surface area contributed by atoms with E-state index < -0.39 is 9.76 Å². The Morgan fingerprint density at radius 2 is 1.75 bits per heavy atom. The molecule has 0 heterocycles. The van der Waals surface area contributed by atoms with Gasteiger partial charge in [0.05, 0.1) is 0 Å². The molecule has 0 saturated carbocycles. The van der Waals surface area contributed by atoms with Crippen LogP contribution in [0.1, 0.15) is 0 Å². The minimum absolute atomic E-state index is 0. The van der Waals surface area contributed by atoms with Crippen LogP contribution < -0.4 is 56.2 Å². The molecule has 0 unspecified atom stereocenters. The van der Waals surface area contributed by atoms with Crippen LogP contribution in [0.3, 0.4) is 0 Å². The van der Waals surface area contributed by atoms with Gasteiger partial charge >= 0.3 is 51.4 Å². The maximum absolute atomic E-state index is 9.07. The monoisotopic (exact) mass is 100.0 g/mol. The molecule has 1 nitrogen and oxygen atoms in total. The number of hydrogen-bond acceptors (Lipinski definition) is 1. The van der Waals surface area contributed by atoms with E-state index in [1.165, 1.54) is 0 Å². The van der Waals surface area contributed by atoms with E-state index in [1.54, 1.807) is 6.55 Å². The summed E-state index contributed by atoms with van der Waals surface area (Å²) in [7, 11) is -0.833. The standard InChI is InChI=1S/CH5OSi.K/c1-3-2;/h3H2,1H3;/q-1;+1. The first-order chi connectivity index (χ1) is 1.41. The van der Waals surface area contributed by atoms with Gasteiger partial charge in [-0.3, -0.25) is 0 Å². The third kappa shape index (κ3) is 9.18. The van der Waals surface area contributed by atoms with Crippen molar-refractivity contribution < 1.29 is 56.2 Å². The molecule has 0 aliphatic heterocycles. The molecule has 20 valence electrons. The first kappa shape index (κ1) is 9.26. The number of hydrogen-bond donors (Lipinski definition) is 0. The van der Waals surface area contributed by atoms with Crippen molar-refractivity contribution in [2.75, 3.05) is 0 Å². The maximum Gasteiger partial charge on any atom is 1.00 e. The van der Waals surface area contributed by atoms with Crippen LogP contribution in [0.25, 0.3) is 0 Å². The summed E-state index contributed by atoms with van der Waals surface area (Å²) < 4.78 is 0. The van der Waals surface area contributed by atoms with E-state index in [1.807, 2.05) is 0 Å². The van der Waals surface area contributed by atoms with Crippen LogP contribution in [0.4, 0.5) is 0 Å². The first-order valence-corrected chi connectivity index (χ1v) is 2.99. The Labute approximate surface area is 71.2 Å². The molecular formula is CH5KOSi. The molecule has 0 aliphatic carbocycles. The summed E-state index contributed by atoms with van der Waals surface area (Å²) in [6.45, 7) is 1.71. The van der Waals surface area contributed by atoms with Gasteiger partial charge in [0.15, 0.2) is 0 Å². The third-order valence-electron chi connectivity index (χ3n) is 0. The molecule has 0 spiro atoms. The van der Waals surface area contributed by atoms with Gasteiger partial charge in [-0.1, -0.05) is 16.3 Å². The van der Waals surface area contributed by atoms with Crippen LogP contribution in [0, 0.1) is 0 Å². The van der Waals surface area contributed by atoms with Gasteiger partial charge in [-0.15, -0.1) is 0 Å². The van der Waals surface area contributed by atoms with Crippen molar-refractivity contribution in [1.82, 2.24) is 0 Å². The molecule has 0 rings (SSSR count). The van der Waals surface area contributed by atoms with Crippen molar-refractivity contribution in [3.05, 3.63) is 0 Å². The Morgan fingerprint density at radius 1 is 1.75 bits per heavy atom. The molecule has 0 bridgehead atoms. The second-order valence-electron chi connectivity index (χ2n) is 0.289. The van der Waals surface area contributed by atoms with Gasteiger partial charge in [-0.05, 0) is 0 Å². The number of rotatable bonds is 0. The summed E-state index contributed by atoms with van der Waals surface area (Å²) >= 11 is 0. The van der Waals surface area contributed by atoms with Gasteiger partial charge in [-0.2, -0.15) is 0 Å².